The molecule has 1 aromatic rings. The van der Waals surface area contributed by atoms with Crippen molar-refractivity contribution in [1.29, 1.82) is 0 Å². The van der Waals surface area contributed by atoms with Crippen LogP contribution in [0, 0.1) is 0 Å². The number of nitrogens with two attached hydrogens (primary N) is 1. The highest BCUT2D eigenvalue weighted by atomic mass is 16.2. The Balaban J connectivity index is 2.59. The number of rotatable bonds is 5. The molecule has 0 saturated carbocycles. The van der Waals surface area contributed by atoms with Gasteiger partial charge in [-0.2, -0.15) is 5.10 Å². The molecule has 0 fully saturated rings. The van der Waals surface area contributed by atoms with Crippen LogP contribution in [0.4, 0.5) is 5.69 Å². The van der Waals surface area contributed by atoms with Crippen molar-refractivity contribution in [3.05, 3.63) is 11.9 Å². The minimum Gasteiger partial charge on any atom is -0.396 e. The van der Waals surface area contributed by atoms with Crippen LogP contribution in [0.15, 0.2) is 6.20 Å². The van der Waals surface area contributed by atoms with E-state index in [0.717, 1.165) is 19.3 Å². The molecule has 1 atom stereocenters. The lowest BCUT2D eigenvalue weighted by Gasteiger charge is -2.13. The van der Waals surface area contributed by atoms with E-state index in [1.807, 2.05) is 6.92 Å². The van der Waals surface area contributed by atoms with Crippen LogP contribution in [-0.4, -0.2) is 21.7 Å². The normalized spacial score (nSPS) is 12.4. The second-order valence-electron chi connectivity index (χ2n) is 4.09. The van der Waals surface area contributed by atoms with E-state index in [4.69, 9.17) is 5.73 Å². The number of unbranched alkanes of at least 4 members (excludes halogenated alkanes) is 1. The topological polar surface area (TPSA) is 72.9 Å². The van der Waals surface area contributed by atoms with Crippen LogP contribution in [-0.2, 0) is 7.05 Å². The van der Waals surface area contributed by atoms with Gasteiger partial charge in [0, 0.05) is 13.1 Å². The van der Waals surface area contributed by atoms with Crippen LogP contribution in [0.25, 0.3) is 0 Å². The molecule has 1 unspecified atom stereocenters. The summed E-state index contributed by atoms with van der Waals surface area (Å²) in [6.45, 7) is 4.13. The first-order valence-corrected chi connectivity index (χ1v) is 5.64. The van der Waals surface area contributed by atoms with Crippen molar-refractivity contribution in [2.45, 2.75) is 39.2 Å². The van der Waals surface area contributed by atoms with E-state index in [0.29, 0.717) is 11.4 Å². The molecular weight excluding hydrogens is 204 g/mol. The van der Waals surface area contributed by atoms with E-state index in [9.17, 15) is 4.79 Å². The molecule has 90 valence electrons. The van der Waals surface area contributed by atoms with Crippen LogP contribution >= 0.6 is 0 Å². The predicted octanol–water partition coefficient (Wildman–Crippen LogP) is 1.31. The summed E-state index contributed by atoms with van der Waals surface area (Å²) in [7, 11) is 1.71. The summed E-state index contributed by atoms with van der Waals surface area (Å²) < 4.78 is 1.50. The molecule has 0 aliphatic heterocycles. The predicted molar refractivity (Wildman–Crippen MR) is 64.1 cm³/mol. The van der Waals surface area contributed by atoms with Gasteiger partial charge in [-0.25, -0.2) is 0 Å². The molecule has 0 radical (unpaired) electrons. The van der Waals surface area contributed by atoms with Crippen molar-refractivity contribution < 1.29 is 4.79 Å². The molecule has 0 bridgehead atoms. The lowest BCUT2D eigenvalue weighted by atomic mass is 10.1. The van der Waals surface area contributed by atoms with Gasteiger partial charge in [0.2, 0.25) is 0 Å². The van der Waals surface area contributed by atoms with Crippen molar-refractivity contribution in [3.8, 4) is 0 Å². The molecule has 5 nitrogen and oxygen atoms in total. The van der Waals surface area contributed by atoms with Crippen LogP contribution in [0.3, 0.4) is 0 Å². The Morgan fingerprint density at radius 1 is 1.69 bits per heavy atom. The standard InChI is InChI=1S/C11H20N4O/c1-4-5-6-8(2)14-11(16)10-9(12)7-13-15(10)3/h7-8H,4-6,12H2,1-3H3,(H,14,16). The summed E-state index contributed by atoms with van der Waals surface area (Å²) in [6.07, 6.45) is 4.72. The highest BCUT2D eigenvalue weighted by Gasteiger charge is 2.16. The number of nitrogen functional groups attached to an aromatic ring is 1. The number of carbonyl (C=O) groups excluding carboxylic acids is 1. The molecule has 0 saturated heterocycles. The molecule has 1 heterocycles. The summed E-state index contributed by atoms with van der Waals surface area (Å²) in [5.41, 5.74) is 6.53. The Labute approximate surface area is 96.0 Å². The Hall–Kier alpha value is -1.52. The highest BCUT2D eigenvalue weighted by molar-refractivity contribution is 5.97. The van der Waals surface area contributed by atoms with Crippen LogP contribution < -0.4 is 11.1 Å². The van der Waals surface area contributed by atoms with Gasteiger partial charge in [-0.05, 0) is 13.3 Å². The van der Waals surface area contributed by atoms with Gasteiger partial charge in [-0.1, -0.05) is 19.8 Å². The Morgan fingerprint density at radius 3 is 2.88 bits per heavy atom. The summed E-state index contributed by atoms with van der Waals surface area (Å²) in [5.74, 6) is -0.152. The van der Waals surface area contributed by atoms with E-state index < -0.39 is 0 Å². The third kappa shape index (κ3) is 2.98. The second-order valence-corrected chi connectivity index (χ2v) is 4.09. The maximum atomic E-state index is 11.9. The summed E-state index contributed by atoms with van der Waals surface area (Å²) >= 11 is 0. The lowest BCUT2D eigenvalue weighted by molar-refractivity contribution is 0.0929. The molecule has 1 rings (SSSR count). The van der Waals surface area contributed by atoms with Gasteiger partial charge in [-0.15, -0.1) is 0 Å². The first kappa shape index (κ1) is 12.5. The van der Waals surface area contributed by atoms with Gasteiger partial charge >= 0.3 is 0 Å². The smallest absolute Gasteiger partial charge is 0.271 e. The van der Waals surface area contributed by atoms with Gasteiger partial charge in [-0.3, -0.25) is 9.48 Å². The number of anilines is 1. The first-order chi connectivity index (χ1) is 7.56. The number of hydrogen-bond donors (Lipinski definition) is 2. The Morgan fingerprint density at radius 2 is 2.38 bits per heavy atom. The number of carbonyl (C=O) groups is 1. The average Bonchev–Trinajstić information content (AvgIpc) is 2.55. The minimum atomic E-state index is -0.152. The van der Waals surface area contributed by atoms with Crippen molar-refractivity contribution in [2.75, 3.05) is 5.73 Å². The largest absolute Gasteiger partial charge is 0.396 e. The van der Waals surface area contributed by atoms with Gasteiger partial charge in [0.15, 0.2) is 0 Å². The van der Waals surface area contributed by atoms with Crippen LogP contribution in [0.2, 0.25) is 0 Å². The zero-order chi connectivity index (χ0) is 12.1. The fourth-order valence-corrected chi connectivity index (χ4v) is 1.61. The molecule has 0 aromatic carbocycles. The highest BCUT2D eigenvalue weighted by Crippen LogP contribution is 2.09. The summed E-state index contributed by atoms with van der Waals surface area (Å²) in [6, 6.07) is 0.168. The maximum absolute atomic E-state index is 11.9. The van der Waals surface area contributed by atoms with Gasteiger partial charge in [0.05, 0.1) is 11.9 Å². The first-order valence-electron chi connectivity index (χ1n) is 5.64. The molecule has 0 aliphatic carbocycles. The Bertz CT molecular complexity index is 339. The van der Waals surface area contributed by atoms with E-state index >= 15 is 0 Å². The number of nitrogens with zero attached hydrogens (tertiary/aromatic N) is 2. The minimum absolute atomic E-state index is 0.152. The van der Waals surface area contributed by atoms with E-state index in [1.165, 1.54) is 10.9 Å². The molecule has 1 amide bonds. The van der Waals surface area contributed by atoms with Crippen molar-refractivity contribution in [2.24, 2.45) is 7.05 Å². The van der Waals surface area contributed by atoms with Crippen molar-refractivity contribution in [1.82, 2.24) is 15.1 Å². The van der Waals surface area contributed by atoms with Gasteiger partial charge < -0.3 is 11.1 Å². The monoisotopic (exact) mass is 224 g/mol. The fraction of sp³-hybridized carbons (Fsp3) is 0.636. The van der Waals surface area contributed by atoms with E-state index in [-0.39, 0.29) is 11.9 Å². The number of aryl methyl sites for hydroxylation is 1. The molecule has 1 aromatic heterocycles. The van der Waals surface area contributed by atoms with Crippen LogP contribution in [0.1, 0.15) is 43.6 Å². The summed E-state index contributed by atoms with van der Waals surface area (Å²) in [5, 5.41) is 6.86. The zero-order valence-corrected chi connectivity index (χ0v) is 10.2. The van der Waals surface area contributed by atoms with E-state index in [2.05, 4.69) is 17.3 Å². The lowest BCUT2D eigenvalue weighted by Crippen LogP contribution is -2.34. The number of amides is 1. The quantitative estimate of drug-likeness (QED) is 0.792. The molecule has 0 aliphatic rings. The number of nitrogens with one attached hydrogen (secondary N) is 1. The molecule has 16 heavy (non-hydrogen) atoms. The number of aromatic nitrogens is 2. The fourth-order valence-electron chi connectivity index (χ4n) is 1.61. The van der Waals surface area contributed by atoms with Crippen molar-refractivity contribution >= 4 is 11.6 Å². The molecule has 3 N–H and O–H groups in total. The molecule has 0 spiro atoms. The van der Waals surface area contributed by atoms with Crippen molar-refractivity contribution in [3.63, 3.8) is 0 Å². The maximum Gasteiger partial charge on any atom is 0.271 e. The third-order valence-corrected chi connectivity index (χ3v) is 2.55. The van der Waals surface area contributed by atoms with Crippen LogP contribution in [0.5, 0.6) is 0 Å². The zero-order valence-electron chi connectivity index (χ0n) is 10.2. The third-order valence-electron chi connectivity index (χ3n) is 2.55. The van der Waals surface area contributed by atoms with Gasteiger partial charge in [0.1, 0.15) is 5.69 Å². The van der Waals surface area contributed by atoms with Gasteiger partial charge in [0.25, 0.3) is 5.91 Å². The number of hydrogen-bond acceptors (Lipinski definition) is 3. The second kappa shape index (κ2) is 5.53. The summed E-state index contributed by atoms with van der Waals surface area (Å²) in [4.78, 5) is 11.9. The Kier molecular flexibility index (Phi) is 4.34. The molecule has 5 heteroatoms. The SMILES string of the molecule is CCCCC(C)NC(=O)c1c(N)cnn1C. The molecular formula is C11H20N4O. The average molecular weight is 224 g/mol. The van der Waals surface area contributed by atoms with E-state index in [1.54, 1.807) is 7.05 Å².